The van der Waals surface area contributed by atoms with Gasteiger partial charge in [0.2, 0.25) is 0 Å². The Morgan fingerprint density at radius 2 is 2.00 bits per heavy atom. The molecule has 0 radical (unpaired) electrons. The van der Waals surface area contributed by atoms with E-state index in [-0.39, 0.29) is 23.4 Å². The highest BCUT2D eigenvalue weighted by molar-refractivity contribution is 6.36. The Bertz CT molecular complexity index is 839. The Morgan fingerprint density at radius 3 is 2.56 bits per heavy atom. The number of hydroxylamine groups is 2. The molecule has 1 aromatic heterocycles. The summed E-state index contributed by atoms with van der Waals surface area (Å²) in [6.07, 6.45) is -0.806. The summed E-state index contributed by atoms with van der Waals surface area (Å²) in [4.78, 5) is 18.1. The molecule has 1 aromatic carbocycles. The second-order valence-corrected chi connectivity index (χ2v) is 7.41. The van der Waals surface area contributed by atoms with Crippen LogP contribution in [0.3, 0.4) is 0 Å². The number of aryl methyl sites for hydroxylation is 1. The van der Waals surface area contributed by atoms with E-state index in [9.17, 15) is 13.6 Å². The number of carbonyl (C=O) groups is 1. The number of rotatable bonds is 6. The number of hydrogen-bond acceptors (Lipinski definition) is 3. The minimum atomic E-state index is -2.85. The van der Waals surface area contributed by atoms with Crippen molar-refractivity contribution in [3.8, 4) is 0 Å². The van der Waals surface area contributed by atoms with E-state index in [1.54, 1.807) is 18.2 Å². The third-order valence-corrected chi connectivity index (χ3v) is 5.55. The van der Waals surface area contributed by atoms with Crippen molar-refractivity contribution in [1.82, 2.24) is 14.8 Å². The maximum Gasteiger partial charge on any atom is 0.282 e. The first-order valence-corrected chi connectivity index (χ1v) is 9.15. The molecule has 3 rings (SSSR count). The van der Waals surface area contributed by atoms with Gasteiger partial charge in [0, 0.05) is 23.3 Å². The molecule has 146 valence electrons. The van der Waals surface area contributed by atoms with Crippen LogP contribution in [0.5, 0.6) is 0 Å². The van der Waals surface area contributed by atoms with Crippen LogP contribution in [-0.2, 0) is 11.9 Å². The summed E-state index contributed by atoms with van der Waals surface area (Å²) < 4.78 is 27.6. The van der Waals surface area contributed by atoms with Crippen molar-refractivity contribution in [2.24, 2.45) is 13.0 Å². The van der Waals surface area contributed by atoms with E-state index in [1.165, 1.54) is 25.0 Å². The molecule has 5 nitrogen and oxygen atoms in total. The minimum Gasteiger partial charge on any atom is -0.275 e. The van der Waals surface area contributed by atoms with Gasteiger partial charge in [-0.25, -0.2) is 13.8 Å². The van der Waals surface area contributed by atoms with Crippen molar-refractivity contribution in [3.05, 3.63) is 51.3 Å². The Kier molecular flexibility index (Phi) is 5.74. The molecule has 0 spiro atoms. The van der Waals surface area contributed by atoms with Gasteiger partial charge in [0.1, 0.15) is 5.69 Å². The largest absolute Gasteiger partial charge is 0.282 e. The molecular weight excluding hydrogens is 399 g/mol. The van der Waals surface area contributed by atoms with Crippen LogP contribution in [0.15, 0.2) is 24.4 Å². The van der Waals surface area contributed by atoms with Gasteiger partial charge in [-0.3, -0.25) is 14.3 Å². The smallest absolute Gasteiger partial charge is 0.275 e. The van der Waals surface area contributed by atoms with Crippen LogP contribution in [0.25, 0.3) is 0 Å². The topological polar surface area (TPSA) is 47.4 Å². The van der Waals surface area contributed by atoms with Crippen LogP contribution in [0.2, 0.25) is 10.0 Å². The molecule has 0 bridgehead atoms. The quantitative estimate of drug-likeness (QED) is 0.630. The SMILES string of the molecule is CON(C(=O)c1cn(C)nc1C(F)F)C(C)[C@@H]1C[C@H]1c1c(Cl)cccc1Cl. The van der Waals surface area contributed by atoms with E-state index >= 15 is 0 Å². The second-order valence-electron chi connectivity index (χ2n) is 6.60. The van der Waals surface area contributed by atoms with Gasteiger partial charge in [-0.05, 0) is 42.9 Å². The molecule has 1 heterocycles. The molecule has 1 aliphatic carbocycles. The molecule has 27 heavy (non-hydrogen) atoms. The lowest BCUT2D eigenvalue weighted by Gasteiger charge is -2.27. The molecular formula is C18H19Cl2F2N3O2. The van der Waals surface area contributed by atoms with Crippen molar-refractivity contribution in [3.63, 3.8) is 0 Å². The van der Waals surface area contributed by atoms with E-state index < -0.39 is 18.0 Å². The van der Waals surface area contributed by atoms with Crippen molar-refractivity contribution < 1.29 is 18.4 Å². The van der Waals surface area contributed by atoms with Crippen molar-refractivity contribution in [2.75, 3.05) is 7.11 Å². The third-order valence-electron chi connectivity index (χ3n) is 4.89. The molecule has 2 aromatic rings. The molecule has 1 amide bonds. The number of aromatic nitrogens is 2. The van der Waals surface area contributed by atoms with Crippen LogP contribution < -0.4 is 0 Å². The predicted molar refractivity (Wildman–Crippen MR) is 98.1 cm³/mol. The third kappa shape index (κ3) is 3.81. The molecule has 1 unspecified atom stereocenters. The maximum absolute atomic E-state index is 13.2. The first-order chi connectivity index (χ1) is 12.8. The highest BCUT2D eigenvalue weighted by Gasteiger charge is 2.47. The van der Waals surface area contributed by atoms with Crippen LogP contribution in [-0.4, -0.2) is 33.9 Å². The van der Waals surface area contributed by atoms with E-state index in [4.69, 9.17) is 28.0 Å². The standard InChI is InChI=1S/C18H19Cl2F2N3O2/c1-9(10-7-11(10)15-13(19)5-4-6-14(15)20)25(27-3)18(26)12-8-24(2)23-16(12)17(21)22/h4-6,8-11,17H,7H2,1-3H3/t9?,10-,11+/m0/s1. The average molecular weight is 418 g/mol. The summed E-state index contributed by atoms with van der Waals surface area (Å²) >= 11 is 12.5. The van der Waals surface area contributed by atoms with Gasteiger partial charge in [-0.1, -0.05) is 29.3 Å². The molecule has 9 heteroatoms. The minimum absolute atomic E-state index is 0.0537. The van der Waals surface area contributed by atoms with Crippen LogP contribution >= 0.6 is 23.2 Å². The summed E-state index contributed by atoms with van der Waals surface area (Å²) in [5.41, 5.74) is 0.114. The number of alkyl halides is 2. The number of halogens is 4. The predicted octanol–water partition coefficient (Wildman–Crippen LogP) is 4.86. The zero-order valence-electron chi connectivity index (χ0n) is 15.0. The molecule has 0 N–H and O–H groups in total. The molecule has 0 aliphatic heterocycles. The number of hydrogen-bond donors (Lipinski definition) is 0. The highest BCUT2D eigenvalue weighted by Crippen LogP contribution is 2.54. The first-order valence-electron chi connectivity index (χ1n) is 8.39. The fraction of sp³-hybridized carbons (Fsp3) is 0.444. The van der Waals surface area contributed by atoms with Gasteiger partial charge in [-0.2, -0.15) is 5.10 Å². The fourth-order valence-electron chi connectivity index (χ4n) is 3.50. The van der Waals surface area contributed by atoms with Crippen LogP contribution in [0, 0.1) is 5.92 Å². The average Bonchev–Trinajstić information content (AvgIpc) is 3.28. The van der Waals surface area contributed by atoms with E-state index in [1.807, 2.05) is 6.92 Å². The monoisotopic (exact) mass is 417 g/mol. The van der Waals surface area contributed by atoms with Gasteiger partial charge in [0.25, 0.3) is 12.3 Å². The van der Waals surface area contributed by atoms with Gasteiger partial charge in [-0.15, -0.1) is 0 Å². The Hall–Kier alpha value is -1.70. The molecule has 1 fully saturated rings. The number of amides is 1. The van der Waals surface area contributed by atoms with Crippen molar-refractivity contribution in [1.29, 1.82) is 0 Å². The summed E-state index contributed by atoms with van der Waals surface area (Å²) in [7, 11) is 2.83. The summed E-state index contributed by atoms with van der Waals surface area (Å²) in [6, 6.07) is 4.96. The number of nitrogens with zero attached hydrogens (tertiary/aromatic N) is 3. The summed E-state index contributed by atoms with van der Waals surface area (Å²) in [6.45, 7) is 1.81. The molecule has 1 aliphatic rings. The van der Waals surface area contributed by atoms with Gasteiger partial charge < -0.3 is 0 Å². The second kappa shape index (κ2) is 7.73. The Morgan fingerprint density at radius 1 is 1.37 bits per heavy atom. The zero-order valence-corrected chi connectivity index (χ0v) is 16.5. The highest BCUT2D eigenvalue weighted by atomic mass is 35.5. The van der Waals surface area contributed by atoms with Crippen LogP contribution in [0.4, 0.5) is 8.78 Å². The zero-order chi connectivity index (χ0) is 19.9. The first kappa shape index (κ1) is 20.0. The normalized spacial score (nSPS) is 20.0. The van der Waals surface area contributed by atoms with Gasteiger partial charge in [0.05, 0.1) is 18.7 Å². The van der Waals surface area contributed by atoms with Gasteiger partial charge >= 0.3 is 0 Å². The Balaban J connectivity index is 1.82. The van der Waals surface area contributed by atoms with Crippen molar-refractivity contribution >= 4 is 29.1 Å². The molecule has 3 atom stereocenters. The number of carbonyl (C=O) groups excluding carboxylic acids is 1. The van der Waals surface area contributed by atoms with E-state index in [0.717, 1.165) is 17.0 Å². The van der Waals surface area contributed by atoms with Gasteiger partial charge in [0.15, 0.2) is 0 Å². The maximum atomic E-state index is 13.2. The lowest BCUT2D eigenvalue weighted by molar-refractivity contribution is -0.124. The van der Waals surface area contributed by atoms with Crippen LogP contribution in [0.1, 0.15) is 47.3 Å². The van der Waals surface area contributed by atoms with E-state index in [0.29, 0.717) is 10.0 Å². The summed E-state index contributed by atoms with van der Waals surface area (Å²) in [5.74, 6) is -0.516. The number of benzene rings is 1. The molecule has 0 saturated heterocycles. The molecule has 1 saturated carbocycles. The Labute approximate surface area is 165 Å². The fourth-order valence-corrected chi connectivity index (χ4v) is 4.18. The summed E-state index contributed by atoms with van der Waals surface area (Å²) in [5, 5.41) is 5.95. The van der Waals surface area contributed by atoms with E-state index in [2.05, 4.69) is 5.10 Å². The van der Waals surface area contributed by atoms with Crippen molar-refractivity contribution in [2.45, 2.75) is 31.7 Å². The lowest BCUT2D eigenvalue weighted by Crippen LogP contribution is -2.39. The lowest BCUT2D eigenvalue weighted by atomic mass is 10.1.